The Bertz CT molecular complexity index is 334. The quantitative estimate of drug-likeness (QED) is 0.603. The second kappa shape index (κ2) is 4.40. The molecular formula is C8H11N3O3. The van der Waals surface area contributed by atoms with Crippen LogP contribution in [0, 0.1) is 0 Å². The topological polar surface area (TPSA) is 84.2 Å². The average molecular weight is 197 g/mol. The maximum absolute atomic E-state index is 10.6. The standard InChI is InChI=1S/C8H11N3O3/c1-11-3-6(9-4-11)2-7(8(13)14)10-5-12/h3-5,7H,2H2,1H3,(H,10,12)(H,13,14)/t7-/m0/s1. The monoisotopic (exact) mass is 197 g/mol. The number of aliphatic carboxylic acids is 1. The van der Waals surface area contributed by atoms with E-state index in [0.717, 1.165) is 0 Å². The predicted octanol–water partition coefficient (Wildman–Crippen LogP) is -0.838. The molecule has 0 aliphatic heterocycles. The van der Waals surface area contributed by atoms with Crippen LogP contribution >= 0.6 is 0 Å². The van der Waals surface area contributed by atoms with Crippen LogP contribution in [0.5, 0.6) is 0 Å². The largest absolute Gasteiger partial charge is 0.480 e. The molecule has 0 fully saturated rings. The Labute approximate surface area is 80.6 Å². The number of rotatable bonds is 5. The van der Waals surface area contributed by atoms with E-state index in [9.17, 15) is 9.59 Å². The molecule has 0 unspecified atom stereocenters. The first-order valence-corrected chi connectivity index (χ1v) is 4.03. The highest BCUT2D eigenvalue weighted by atomic mass is 16.4. The van der Waals surface area contributed by atoms with Gasteiger partial charge in [-0.3, -0.25) is 4.79 Å². The maximum Gasteiger partial charge on any atom is 0.326 e. The van der Waals surface area contributed by atoms with Crippen molar-refractivity contribution < 1.29 is 14.7 Å². The van der Waals surface area contributed by atoms with Gasteiger partial charge < -0.3 is 15.0 Å². The van der Waals surface area contributed by atoms with E-state index in [1.165, 1.54) is 0 Å². The van der Waals surface area contributed by atoms with Crippen molar-refractivity contribution in [3.05, 3.63) is 18.2 Å². The molecule has 0 spiro atoms. The normalized spacial score (nSPS) is 12.1. The van der Waals surface area contributed by atoms with Crippen LogP contribution in [0.4, 0.5) is 0 Å². The molecule has 1 atom stereocenters. The second-order valence-corrected chi connectivity index (χ2v) is 2.91. The van der Waals surface area contributed by atoms with E-state index in [4.69, 9.17) is 5.11 Å². The molecule has 0 saturated heterocycles. The van der Waals surface area contributed by atoms with Gasteiger partial charge in [0, 0.05) is 19.7 Å². The fourth-order valence-electron chi connectivity index (χ4n) is 1.08. The van der Waals surface area contributed by atoms with Gasteiger partial charge in [-0.15, -0.1) is 0 Å². The molecule has 0 saturated carbocycles. The number of nitrogens with one attached hydrogen (secondary N) is 1. The van der Waals surface area contributed by atoms with Gasteiger partial charge in [-0.05, 0) is 0 Å². The summed E-state index contributed by atoms with van der Waals surface area (Å²) in [7, 11) is 1.79. The lowest BCUT2D eigenvalue weighted by Crippen LogP contribution is -2.37. The van der Waals surface area contributed by atoms with E-state index in [0.29, 0.717) is 12.1 Å². The van der Waals surface area contributed by atoms with E-state index < -0.39 is 12.0 Å². The van der Waals surface area contributed by atoms with Crippen molar-refractivity contribution in [2.45, 2.75) is 12.5 Å². The Balaban J connectivity index is 2.64. The maximum atomic E-state index is 10.6. The molecule has 0 aliphatic carbocycles. The van der Waals surface area contributed by atoms with Gasteiger partial charge >= 0.3 is 5.97 Å². The first-order valence-electron chi connectivity index (χ1n) is 4.03. The predicted molar refractivity (Wildman–Crippen MR) is 47.5 cm³/mol. The third kappa shape index (κ3) is 2.58. The summed E-state index contributed by atoms with van der Waals surface area (Å²) in [6, 6.07) is -0.914. The van der Waals surface area contributed by atoms with Crippen molar-refractivity contribution in [3.8, 4) is 0 Å². The van der Waals surface area contributed by atoms with E-state index >= 15 is 0 Å². The summed E-state index contributed by atoms with van der Waals surface area (Å²) in [6.45, 7) is 0. The lowest BCUT2D eigenvalue weighted by Gasteiger charge is -2.08. The van der Waals surface area contributed by atoms with Gasteiger partial charge in [0.15, 0.2) is 0 Å². The fourth-order valence-corrected chi connectivity index (χ4v) is 1.08. The Hall–Kier alpha value is -1.85. The van der Waals surface area contributed by atoms with Crippen LogP contribution < -0.4 is 5.32 Å². The summed E-state index contributed by atoms with van der Waals surface area (Å²) in [5.74, 6) is -1.07. The summed E-state index contributed by atoms with van der Waals surface area (Å²) >= 11 is 0. The number of nitrogens with zero attached hydrogens (tertiary/aromatic N) is 2. The highest BCUT2D eigenvalue weighted by molar-refractivity contribution is 5.76. The number of hydrogen-bond donors (Lipinski definition) is 2. The summed E-state index contributed by atoms with van der Waals surface area (Å²) < 4.78 is 1.72. The number of carboxylic acids is 1. The zero-order valence-corrected chi connectivity index (χ0v) is 7.67. The van der Waals surface area contributed by atoms with Crippen molar-refractivity contribution in [2.75, 3.05) is 0 Å². The van der Waals surface area contributed by atoms with Gasteiger partial charge in [0.2, 0.25) is 6.41 Å². The van der Waals surface area contributed by atoms with E-state index in [2.05, 4.69) is 10.3 Å². The summed E-state index contributed by atoms with van der Waals surface area (Å²) in [6.07, 6.45) is 3.86. The van der Waals surface area contributed by atoms with Gasteiger partial charge in [0.25, 0.3) is 0 Å². The number of carboxylic acid groups (broad SMARTS) is 1. The highest BCUT2D eigenvalue weighted by Crippen LogP contribution is 1.99. The zero-order chi connectivity index (χ0) is 10.6. The average Bonchev–Trinajstić information content (AvgIpc) is 2.50. The van der Waals surface area contributed by atoms with Crippen LogP contribution in [0.1, 0.15) is 5.69 Å². The molecule has 2 N–H and O–H groups in total. The molecule has 0 bridgehead atoms. The molecule has 76 valence electrons. The van der Waals surface area contributed by atoms with Crippen LogP contribution in [0.15, 0.2) is 12.5 Å². The first-order chi connectivity index (χ1) is 6.63. The molecule has 0 aromatic carbocycles. The molecule has 14 heavy (non-hydrogen) atoms. The third-order valence-corrected chi connectivity index (χ3v) is 1.74. The number of aryl methyl sites for hydroxylation is 1. The molecule has 6 heteroatoms. The van der Waals surface area contributed by atoms with Crippen molar-refractivity contribution in [1.29, 1.82) is 0 Å². The number of amides is 1. The van der Waals surface area contributed by atoms with Crippen molar-refractivity contribution in [2.24, 2.45) is 7.05 Å². The number of imidazole rings is 1. The van der Waals surface area contributed by atoms with Crippen molar-refractivity contribution in [1.82, 2.24) is 14.9 Å². The van der Waals surface area contributed by atoms with Gasteiger partial charge in [0.05, 0.1) is 12.0 Å². The SMILES string of the molecule is Cn1cnc(C[C@H](NC=O)C(=O)O)c1. The molecule has 1 aromatic heterocycles. The lowest BCUT2D eigenvalue weighted by atomic mass is 10.2. The zero-order valence-electron chi connectivity index (χ0n) is 7.67. The molecule has 1 rings (SSSR count). The molecule has 0 radical (unpaired) electrons. The molecule has 6 nitrogen and oxygen atoms in total. The van der Waals surface area contributed by atoms with E-state index in [-0.39, 0.29) is 6.42 Å². The first kappa shape index (κ1) is 10.2. The van der Waals surface area contributed by atoms with E-state index in [1.807, 2.05) is 0 Å². The summed E-state index contributed by atoms with van der Waals surface area (Å²) in [5.41, 5.74) is 0.634. The summed E-state index contributed by atoms with van der Waals surface area (Å²) in [4.78, 5) is 24.7. The lowest BCUT2D eigenvalue weighted by molar-refractivity contribution is -0.140. The molecule has 1 heterocycles. The minimum atomic E-state index is -1.07. The smallest absolute Gasteiger partial charge is 0.326 e. The Morgan fingerprint density at radius 1 is 1.86 bits per heavy atom. The second-order valence-electron chi connectivity index (χ2n) is 2.91. The number of carbonyl (C=O) groups excluding carboxylic acids is 1. The van der Waals surface area contributed by atoms with Crippen LogP contribution in [0.25, 0.3) is 0 Å². The van der Waals surface area contributed by atoms with Gasteiger partial charge in [-0.2, -0.15) is 0 Å². The third-order valence-electron chi connectivity index (χ3n) is 1.74. The van der Waals surface area contributed by atoms with Crippen molar-refractivity contribution >= 4 is 12.4 Å². The number of aromatic nitrogens is 2. The van der Waals surface area contributed by atoms with E-state index in [1.54, 1.807) is 24.1 Å². The Morgan fingerprint density at radius 3 is 3.00 bits per heavy atom. The molecular weight excluding hydrogens is 186 g/mol. The Kier molecular flexibility index (Phi) is 3.22. The molecule has 0 aliphatic rings. The van der Waals surface area contributed by atoms with Crippen LogP contribution in [-0.4, -0.2) is 33.1 Å². The number of hydrogen-bond acceptors (Lipinski definition) is 3. The Morgan fingerprint density at radius 2 is 2.57 bits per heavy atom. The van der Waals surface area contributed by atoms with Crippen LogP contribution in [0.3, 0.4) is 0 Å². The fraction of sp³-hybridized carbons (Fsp3) is 0.375. The van der Waals surface area contributed by atoms with Gasteiger partial charge in [-0.1, -0.05) is 0 Å². The van der Waals surface area contributed by atoms with Crippen LogP contribution in [0.2, 0.25) is 0 Å². The molecule has 1 aromatic rings. The van der Waals surface area contributed by atoms with Crippen LogP contribution in [-0.2, 0) is 23.1 Å². The minimum Gasteiger partial charge on any atom is -0.480 e. The van der Waals surface area contributed by atoms with Gasteiger partial charge in [0.1, 0.15) is 6.04 Å². The minimum absolute atomic E-state index is 0.189. The highest BCUT2D eigenvalue weighted by Gasteiger charge is 2.17. The van der Waals surface area contributed by atoms with Crippen molar-refractivity contribution in [3.63, 3.8) is 0 Å². The van der Waals surface area contributed by atoms with Gasteiger partial charge in [-0.25, -0.2) is 9.78 Å². The summed E-state index contributed by atoms with van der Waals surface area (Å²) in [5, 5.41) is 10.9. The molecule has 1 amide bonds. The number of carbonyl (C=O) groups is 2.